The van der Waals surface area contributed by atoms with Crippen LogP contribution in [0.3, 0.4) is 0 Å². The Kier molecular flexibility index (Phi) is 4.81. The lowest BCUT2D eigenvalue weighted by Gasteiger charge is -2.31. The SMILES string of the molecule is Cc1cnc(CN2CCC(COc3cccc4nc(N)nc(N)c34)CC2)[nH]1. The molecule has 4 rings (SSSR count). The second kappa shape index (κ2) is 7.40. The van der Waals surface area contributed by atoms with Crippen LogP contribution in [0.5, 0.6) is 5.75 Å². The maximum atomic E-state index is 6.10. The second-order valence-corrected chi connectivity index (χ2v) is 7.16. The molecule has 2 aromatic heterocycles. The highest BCUT2D eigenvalue weighted by atomic mass is 16.5. The van der Waals surface area contributed by atoms with E-state index >= 15 is 0 Å². The van der Waals surface area contributed by atoms with Crippen LogP contribution in [0.25, 0.3) is 10.9 Å². The number of hydrogen-bond acceptors (Lipinski definition) is 7. The van der Waals surface area contributed by atoms with Gasteiger partial charge in [0.05, 0.1) is 24.1 Å². The monoisotopic (exact) mass is 367 g/mol. The second-order valence-electron chi connectivity index (χ2n) is 7.16. The van der Waals surface area contributed by atoms with Crippen LogP contribution in [0, 0.1) is 12.8 Å². The third kappa shape index (κ3) is 3.95. The molecule has 0 bridgehead atoms. The lowest BCUT2D eigenvalue weighted by atomic mass is 9.98. The van der Waals surface area contributed by atoms with Crippen molar-refractivity contribution in [2.24, 2.45) is 5.92 Å². The summed E-state index contributed by atoms with van der Waals surface area (Å²) in [6, 6.07) is 5.68. The Morgan fingerprint density at radius 1 is 1.22 bits per heavy atom. The molecule has 8 nitrogen and oxygen atoms in total. The van der Waals surface area contributed by atoms with Gasteiger partial charge in [0.25, 0.3) is 0 Å². The van der Waals surface area contributed by atoms with Gasteiger partial charge in [0.2, 0.25) is 5.95 Å². The number of nitrogens with one attached hydrogen (secondary N) is 1. The van der Waals surface area contributed by atoms with E-state index in [2.05, 4.69) is 24.8 Å². The van der Waals surface area contributed by atoms with Crippen molar-refractivity contribution in [3.63, 3.8) is 0 Å². The summed E-state index contributed by atoms with van der Waals surface area (Å²) in [5, 5.41) is 0.734. The zero-order chi connectivity index (χ0) is 18.8. The van der Waals surface area contributed by atoms with E-state index in [9.17, 15) is 0 Å². The molecule has 0 aliphatic carbocycles. The summed E-state index contributed by atoms with van der Waals surface area (Å²) >= 11 is 0. The molecular weight excluding hydrogens is 342 g/mol. The summed E-state index contributed by atoms with van der Waals surface area (Å²) < 4.78 is 6.10. The first-order valence-corrected chi connectivity index (χ1v) is 9.26. The summed E-state index contributed by atoms with van der Waals surface area (Å²) in [5.74, 6) is 2.81. The topological polar surface area (TPSA) is 119 Å². The first-order chi connectivity index (χ1) is 13.1. The predicted octanol–water partition coefficient (Wildman–Crippen LogP) is 2.12. The fourth-order valence-electron chi connectivity index (χ4n) is 3.60. The van der Waals surface area contributed by atoms with Gasteiger partial charge >= 0.3 is 0 Å². The third-order valence-electron chi connectivity index (χ3n) is 5.04. The highest BCUT2D eigenvalue weighted by Gasteiger charge is 2.21. The lowest BCUT2D eigenvalue weighted by molar-refractivity contribution is 0.135. The standard InChI is InChI=1S/C19H25N7O/c1-12-9-22-16(23-12)10-26-7-5-13(6-8-26)11-27-15-4-2-3-14-17(15)18(20)25-19(21)24-14/h2-4,9,13H,5-8,10-11H2,1H3,(H,22,23)(H4,20,21,24,25). The third-order valence-corrected chi connectivity index (χ3v) is 5.04. The van der Waals surface area contributed by atoms with Crippen LogP contribution in [0.2, 0.25) is 0 Å². The number of aromatic nitrogens is 4. The van der Waals surface area contributed by atoms with E-state index in [0.717, 1.165) is 55.1 Å². The van der Waals surface area contributed by atoms with Gasteiger partial charge in [0.1, 0.15) is 17.4 Å². The first-order valence-electron chi connectivity index (χ1n) is 9.26. The average Bonchev–Trinajstić information content (AvgIpc) is 3.05. The van der Waals surface area contributed by atoms with E-state index in [4.69, 9.17) is 16.2 Å². The molecule has 1 aliphatic rings. The lowest BCUT2D eigenvalue weighted by Crippen LogP contribution is -2.35. The summed E-state index contributed by atoms with van der Waals surface area (Å²) in [7, 11) is 0. The van der Waals surface area contributed by atoms with E-state index in [1.807, 2.05) is 31.3 Å². The van der Waals surface area contributed by atoms with Crippen LogP contribution in [0.4, 0.5) is 11.8 Å². The largest absolute Gasteiger partial charge is 0.492 e. The number of nitrogens with zero attached hydrogens (tertiary/aromatic N) is 4. The van der Waals surface area contributed by atoms with E-state index in [0.29, 0.717) is 23.9 Å². The Bertz CT molecular complexity index is 931. The molecule has 3 heterocycles. The van der Waals surface area contributed by atoms with Gasteiger partial charge in [-0.15, -0.1) is 0 Å². The Morgan fingerprint density at radius 3 is 2.78 bits per heavy atom. The number of H-pyrrole nitrogens is 1. The van der Waals surface area contributed by atoms with Crippen molar-refractivity contribution in [1.29, 1.82) is 0 Å². The quantitative estimate of drug-likeness (QED) is 0.632. The van der Waals surface area contributed by atoms with Crippen LogP contribution in [0.1, 0.15) is 24.4 Å². The predicted molar refractivity (Wildman–Crippen MR) is 105 cm³/mol. The number of hydrogen-bond donors (Lipinski definition) is 3. The van der Waals surface area contributed by atoms with Crippen molar-refractivity contribution in [1.82, 2.24) is 24.8 Å². The van der Waals surface area contributed by atoms with E-state index in [1.54, 1.807) is 0 Å². The number of aryl methyl sites for hydroxylation is 1. The molecule has 0 spiro atoms. The number of rotatable bonds is 5. The highest BCUT2D eigenvalue weighted by Crippen LogP contribution is 2.30. The van der Waals surface area contributed by atoms with Crippen molar-refractivity contribution in [3.8, 4) is 5.75 Å². The van der Waals surface area contributed by atoms with Gasteiger partial charge in [-0.25, -0.2) is 9.97 Å². The van der Waals surface area contributed by atoms with Crippen molar-refractivity contribution in [2.45, 2.75) is 26.3 Å². The van der Waals surface area contributed by atoms with Crippen LogP contribution < -0.4 is 16.2 Å². The average molecular weight is 367 g/mol. The van der Waals surface area contributed by atoms with Gasteiger partial charge in [-0.2, -0.15) is 4.98 Å². The zero-order valence-corrected chi connectivity index (χ0v) is 15.5. The number of nitrogen functional groups attached to an aromatic ring is 2. The molecular formula is C19H25N7O. The van der Waals surface area contributed by atoms with E-state index in [-0.39, 0.29) is 5.95 Å². The zero-order valence-electron chi connectivity index (χ0n) is 15.5. The molecule has 8 heteroatoms. The number of piperidine rings is 1. The molecule has 5 N–H and O–H groups in total. The molecule has 142 valence electrons. The number of fused-ring (bicyclic) bond motifs is 1. The number of imidazole rings is 1. The molecule has 3 aromatic rings. The normalized spacial score (nSPS) is 16.0. The molecule has 0 unspecified atom stereocenters. The number of benzene rings is 1. The summed E-state index contributed by atoms with van der Waals surface area (Å²) in [5.41, 5.74) is 13.5. The van der Waals surface area contributed by atoms with Gasteiger partial charge < -0.3 is 21.2 Å². The Balaban J connectivity index is 1.34. The maximum absolute atomic E-state index is 6.10. The summed E-state index contributed by atoms with van der Waals surface area (Å²) in [4.78, 5) is 18.4. The molecule has 1 aliphatic heterocycles. The van der Waals surface area contributed by atoms with Crippen LogP contribution >= 0.6 is 0 Å². The van der Waals surface area contributed by atoms with E-state index < -0.39 is 0 Å². The minimum atomic E-state index is 0.177. The van der Waals surface area contributed by atoms with Gasteiger partial charge in [-0.3, -0.25) is 4.90 Å². The minimum Gasteiger partial charge on any atom is -0.492 e. The fraction of sp³-hybridized carbons (Fsp3) is 0.421. The number of aromatic amines is 1. The maximum Gasteiger partial charge on any atom is 0.222 e. The number of anilines is 2. The Hall–Kier alpha value is -2.87. The van der Waals surface area contributed by atoms with Gasteiger partial charge in [0, 0.05) is 11.9 Å². The van der Waals surface area contributed by atoms with Crippen LogP contribution in [-0.2, 0) is 6.54 Å². The van der Waals surface area contributed by atoms with Gasteiger partial charge in [-0.1, -0.05) is 6.07 Å². The van der Waals surface area contributed by atoms with Gasteiger partial charge in [-0.05, 0) is 50.9 Å². The number of nitrogens with two attached hydrogens (primary N) is 2. The molecule has 0 amide bonds. The first kappa shape index (κ1) is 17.5. The van der Waals surface area contributed by atoms with E-state index in [1.165, 1.54) is 0 Å². The molecule has 1 aromatic carbocycles. The van der Waals surface area contributed by atoms with Crippen molar-refractivity contribution >= 4 is 22.7 Å². The summed E-state index contributed by atoms with van der Waals surface area (Å²) in [6.07, 6.45) is 4.08. The molecule has 27 heavy (non-hydrogen) atoms. The van der Waals surface area contributed by atoms with Crippen molar-refractivity contribution in [2.75, 3.05) is 31.2 Å². The molecule has 0 atom stereocenters. The Morgan fingerprint density at radius 2 is 2.04 bits per heavy atom. The van der Waals surface area contributed by atoms with Crippen molar-refractivity contribution in [3.05, 3.63) is 35.9 Å². The van der Waals surface area contributed by atoms with Gasteiger partial charge in [0.15, 0.2) is 0 Å². The molecule has 0 saturated carbocycles. The highest BCUT2D eigenvalue weighted by molar-refractivity contribution is 5.94. The Labute approximate surface area is 158 Å². The minimum absolute atomic E-state index is 0.177. The van der Waals surface area contributed by atoms with Crippen LogP contribution in [0.15, 0.2) is 24.4 Å². The molecule has 0 radical (unpaired) electrons. The molecule has 1 saturated heterocycles. The smallest absolute Gasteiger partial charge is 0.222 e. The van der Waals surface area contributed by atoms with Crippen molar-refractivity contribution < 1.29 is 4.74 Å². The fourth-order valence-corrected chi connectivity index (χ4v) is 3.60. The number of ether oxygens (including phenoxy) is 1. The number of likely N-dealkylation sites (tertiary alicyclic amines) is 1. The van der Waals surface area contributed by atoms with Crippen LogP contribution in [-0.4, -0.2) is 44.5 Å². The molecule has 1 fully saturated rings. The summed E-state index contributed by atoms with van der Waals surface area (Å²) in [6.45, 7) is 5.66.